The summed E-state index contributed by atoms with van der Waals surface area (Å²) in [5.74, 6) is 0.554. The summed E-state index contributed by atoms with van der Waals surface area (Å²) in [6.45, 7) is 16.3. The Morgan fingerprint density at radius 2 is 2.05 bits per heavy atom. The highest BCUT2D eigenvalue weighted by atomic mass is 16.6. The van der Waals surface area contributed by atoms with Crippen LogP contribution in [0.1, 0.15) is 47.5 Å². The van der Waals surface area contributed by atoms with Gasteiger partial charge < -0.3 is 15.0 Å². The van der Waals surface area contributed by atoms with Crippen LogP contribution in [0, 0.1) is 5.92 Å². The van der Waals surface area contributed by atoms with Crippen molar-refractivity contribution in [3.05, 3.63) is 0 Å². The molecule has 0 aliphatic carbocycles. The summed E-state index contributed by atoms with van der Waals surface area (Å²) in [6, 6.07) is 0. The molecule has 0 aromatic heterocycles. The number of piperidine rings is 1. The van der Waals surface area contributed by atoms with Crippen molar-refractivity contribution >= 4 is 6.09 Å². The predicted octanol–water partition coefficient (Wildman–Crippen LogP) is 2.32. The van der Waals surface area contributed by atoms with Gasteiger partial charge in [0.05, 0.1) is 0 Å². The van der Waals surface area contributed by atoms with Gasteiger partial charge in [0.25, 0.3) is 0 Å². The SMILES string of the molecule is CC(C)(C)OC(=O)N1CCCC(CN2CCNCC2(C)C)C1. The standard InChI is InChI=1S/C17H33N3O2/c1-16(2,3)22-15(21)19-9-6-7-14(11-19)12-20-10-8-18-13-17(20,4)5/h14,18H,6-13H2,1-5H3. The largest absolute Gasteiger partial charge is 0.444 e. The molecule has 0 spiro atoms. The topological polar surface area (TPSA) is 44.8 Å². The normalized spacial score (nSPS) is 26.8. The summed E-state index contributed by atoms with van der Waals surface area (Å²) in [5, 5.41) is 3.47. The molecule has 2 rings (SSSR count). The zero-order valence-corrected chi connectivity index (χ0v) is 14.9. The van der Waals surface area contributed by atoms with E-state index in [2.05, 4.69) is 24.1 Å². The molecule has 0 bridgehead atoms. The van der Waals surface area contributed by atoms with Gasteiger partial charge in [-0.3, -0.25) is 4.90 Å². The Morgan fingerprint density at radius 1 is 1.32 bits per heavy atom. The minimum absolute atomic E-state index is 0.156. The Bertz CT molecular complexity index is 390. The molecular weight excluding hydrogens is 278 g/mol. The van der Waals surface area contributed by atoms with Crippen molar-refractivity contribution in [2.24, 2.45) is 5.92 Å². The molecule has 0 aromatic carbocycles. The van der Waals surface area contributed by atoms with Gasteiger partial charge in [-0.05, 0) is 53.4 Å². The van der Waals surface area contributed by atoms with Gasteiger partial charge in [0.15, 0.2) is 0 Å². The molecule has 22 heavy (non-hydrogen) atoms. The van der Waals surface area contributed by atoms with Gasteiger partial charge in [0, 0.05) is 44.8 Å². The second-order valence-electron chi connectivity index (χ2n) is 8.37. The second-order valence-corrected chi connectivity index (χ2v) is 8.37. The van der Waals surface area contributed by atoms with Crippen LogP contribution in [0.15, 0.2) is 0 Å². The van der Waals surface area contributed by atoms with Crippen molar-refractivity contribution < 1.29 is 9.53 Å². The first-order valence-corrected chi connectivity index (χ1v) is 8.61. The molecule has 5 heteroatoms. The van der Waals surface area contributed by atoms with Crippen molar-refractivity contribution in [3.63, 3.8) is 0 Å². The maximum atomic E-state index is 12.3. The van der Waals surface area contributed by atoms with Crippen molar-refractivity contribution in [2.75, 3.05) is 39.3 Å². The van der Waals surface area contributed by atoms with Gasteiger partial charge >= 0.3 is 6.09 Å². The summed E-state index contributed by atoms with van der Waals surface area (Å²) in [4.78, 5) is 16.7. The number of hydrogen-bond donors (Lipinski definition) is 1. The van der Waals surface area contributed by atoms with Crippen LogP contribution in [0.3, 0.4) is 0 Å². The maximum absolute atomic E-state index is 12.3. The molecule has 1 unspecified atom stereocenters. The van der Waals surface area contributed by atoms with E-state index in [1.54, 1.807) is 0 Å². The molecule has 2 fully saturated rings. The number of nitrogens with zero attached hydrogens (tertiary/aromatic N) is 2. The van der Waals surface area contributed by atoms with Crippen LogP contribution in [0.4, 0.5) is 4.79 Å². The molecule has 2 saturated heterocycles. The van der Waals surface area contributed by atoms with Gasteiger partial charge in [-0.15, -0.1) is 0 Å². The summed E-state index contributed by atoms with van der Waals surface area (Å²) in [5.41, 5.74) is -0.211. The number of piperazine rings is 1. The zero-order valence-electron chi connectivity index (χ0n) is 14.9. The number of carbonyl (C=O) groups excluding carboxylic acids is 1. The first-order chi connectivity index (χ1) is 10.2. The highest BCUT2D eigenvalue weighted by Gasteiger charge is 2.33. The second kappa shape index (κ2) is 6.75. The maximum Gasteiger partial charge on any atom is 0.410 e. The summed E-state index contributed by atoms with van der Waals surface area (Å²) in [6.07, 6.45) is 2.13. The molecule has 1 amide bonds. The Kier molecular flexibility index (Phi) is 5.38. The molecule has 2 aliphatic heterocycles. The quantitative estimate of drug-likeness (QED) is 0.850. The third-order valence-electron chi connectivity index (χ3n) is 4.62. The van der Waals surface area contributed by atoms with Crippen LogP contribution in [-0.4, -0.2) is 66.3 Å². The molecule has 2 aliphatic rings. The van der Waals surface area contributed by atoms with E-state index in [0.717, 1.165) is 45.7 Å². The van der Waals surface area contributed by atoms with E-state index in [4.69, 9.17) is 4.74 Å². The minimum atomic E-state index is -0.412. The molecule has 2 heterocycles. The number of carbonyl (C=O) groups is 1. The smallest absolute Gasteiger partial charge is 0.410 e. The van der Waals surface area contributed by atoms with Crippen LogP contribution >= 0.6 is 0 Å². The van der Waals surface area contributed by atoms with Crippen LogP contribution < -0.4 is 5.32 Å². The molecular formula is C17H33N3O2. The van der Waals surface area contributed by atoms with Gasteiger partial charge in [-0.1, -0.05) is 0 Å². The van der Waals surface area contributed by atoms with Gasteiger partial charge in [0.1, 0.15) is 5.60 Å². The van der Waals surface area contributed by atoms with Crippen molar-refractivity contribution in [1.82, 2.24) is 15.1 Å². The molecule has 0 aromatic rings. The van der Waals surface area contributed by atoms with Gasteiger partial charge in [0.2, 0.25) is 0 Å². The van der Waals surface area contributed by atoms with E-state index < -0.39 is 5.60 Å². The Balaban J connectivity index is 1.89. The van der Waals surface area contributed by atoms with Crippen LogP contribution in [0.25, 0.3) is 0 Å². The predicted molar refractivity (Wildman–Crippen MR) is 89.1 cm³/mol. The van der Waals surface area contributed by atoms with Gasteiger partial charge in [-0.2, -0.15) is 0 Å². The lowest BCUT2D eigenvalue weighted by atomic mass is 9.93. The lowest BCUT2D eigenvalue weighted by Gasteiger charge is -2.45. The molecule has 0 saturated carbocycles. The molecule has 5 nitrogen and oxygen atoms in total. The number of nitrogens with one attached hydrogen (secondary N) is 1. The lowest BCUT2D eigenvalue weighted by Crippen LogP contribution is -2.59. The fourth-order valence-electron chi connectivity index (χ4n) is 3.38. The summed E-state index contributed by atoms with van der Waals surface area (Å²) in [7, 11) is 0. The first kappa shape index (κ1) is 17.5. The molecule has 0 radical (unpaired) electrons. The number of likely N-dealkylation sites (tertiary alicyclic amines) is 1. The third-order valence-corrected chi connectivity index (χ3v) is 4.62. The third kappa shape index (κ3) is 4.85. The average Bonchev–Trinajstić information content (AvgIpc) is 2.39. The van der Waals surface area contributed by atoms with E-state index >= 15 is 0 Å². The van der Waals surface area contributed by atoms with E-state index in [9.17, 15) is 4.79 Å². The van der Waals surface area contributed by atoms with Crippen molar-refractivity contribution in [2.45, 2.75) is 58.6 Å². The first-order valence-electron chi connectivity index (χ1n) is 8.61. The van der Waals surface area contributed by atoms with Crippen molar-refractivity contribution in [3.8, 4) is 0 Å². The number of amides is 1. The number of rotatable bonds is 2. The Hall–Kier alpha value is -0.810. The fourth-order valence-corrected chi connectivity index (χ4v) is 3.38. The number of hydrogen-bond acceptors (Lipinski definition) is 4. The number of ether oxygens (including phenoxy) is 1. The van der Waals surface area contributed by atoms with Crippen LogP contribution in [-0.2, 0) is 4.74 Å². The summed E-state index contributed by atoms with van der Waals surface area (Å²) >= 11 is 0. The average molecular weight is 311 g/mol. The van der Waals surface area contributed by atoms with E-state index in [0.29, 0.717) is 5.92 Å². The van der Waals surface area contributed by atoms with Gasteiger partial charge in [-0.25, -0.2) is 4.79 Å². The Labute approximate surface area is 135 Å². The molecule has 1 N–H and O–H groups in total. The van der Waals surface area contributed by atoms with E-state index in [-0.39, 0.29) is 11.6 Å². The van der Waals surface area contributed by atoms with Crippen LogP contribution in [0.2, 0.25) is 0 Å². The zero-order chi connectivity index (χ0) is 16.4. The molecule has 1 atom stereocenters. The highest BCUT2D eigenvalue weighted by Crippen LogP contribution is 2.24. The van der Waals surface area contributed by atoms with Crippen molar-refractivity contribution in [1.29, 1.82) is 0 Å². The van der Waals surface area contributed by atoms with E-state index in [1.807, 2.05) is 25.7 Å². The Morgan fingerprint density at radius 3 is 2.68 bits per heavy atom. The monoisotopic (exact) mass is 311 g/mol. The highest BCUT2D eigenvalue weighted by molar-refractivity contribution is 5.68. The molecule has 128 valence electrons. The lowest BCUT2D eigenvalue weighted by molar-refractivity contribution is 0.00866. The van der Waals surface area contributed by atoms with E-state index in [1.165, 1.54) is 6.42 Å². The minimum Gasteiger partial charge on any atom is -0.444 e. The summed E-state index contributed by atoms with van der Waals surface area (Å²) < 4.78 is 5.52. The van der Waals surface area contributed by atoms with Crippen LogP contribution in [0.5, 0.6) is 0 Å². The fraction of sp³-hybridized carbons (Fsp3) is 0.941.